The highest BCUT2D eigenvalue weighted by Crippen LogP contribution is 2.17. The van der Waals surface area contributed by atoms with E-state index in [-0.39, 0.29) is 16.9 Å². The van der Waals surface area contributed by atoms with Crippen molar-refractivity contribution in [3.63, 3.8) is 0 Å². The van der Waals surface area contributed by atoms with E-state index in [4.69, 9.17) is 12.2 Å². The summed E-state index contributed by atoms with van der Waals surface area (Å²) in [5, 5.41) is 8.42. The van der Waals surface area contributed by atoms with E-state index >= 15 is 0 Å². The molecule has 0 saturated heterocycles. The van der Waals surface area contributed by atoms with E-state index in [2.05, 4.69) is 16.0 Å². The summed E-state index contributed by atoms with van der Waals surface area (Å²) in [5.41, 5.74) is 2.50. The van der Waals surface area contributed by atoms with Gasteiger partial charge in [0.05, 0.1) is 11.3 Å². The third-order valence-corrected chi connectivity index (χ3v) is 4.12. The van der Waals surface area contributed by atoms with Crippen LogP contribution >= 0.6 is 12.2 Å². The zero-order valence-corrected chi connectivity index (χ0v) is 16.3. The number of para-hydroxylation sites is 2. The van der Waals surface area contributed by atoms with Crippen LogP contribution in [-0.4, -0.2) is 16.9 Å². The Kier molecular flexibility index (Phi) is 6.86. The topological polar surface area (TPSA) is 70.2 Å². The number of hydrogen-bond acceptors (Lipinski definition) is 3. The van der Waals surface area contributed by atoms with Crippen molar-refractivity contribution in [2.75, 3.05) is 10.6 Å². The molecule has 3 aromatic carbocycles. The van der Waals surface area contributed by atoms with E-state index in [1.165, 1.54) is 6.08 Å². The average molecular weight is 401 g/mol. The van der Waals surface area contributed by atoms with E-state index in [1.54, 1.807) is 42.5 Å². The van der Waals surface area contributed by atoms with E-state index in [0.717, 1.165) is 5.56 Å². The Morgan fingerprint density at radius 2 is 1.38 bits per heavy atom. The maximum Gasteiger partial charge on any atom is 0.257 e. The lowest BCUT2D eigenvalue weighted by Gasteiger charge is -2.13. The van der Waals surface area contributed by atoms with Gasteiger partial charge in [-0.3, -0.25) is 14.9 Å². The highest BCUT2D eigenvalue weighted by molar-refractivity contribution is 7.80. The first-order chi connectivity index (χ1) is 14.1. The molecule has 3 aromatic rings. The number of anilines is 2. The molecule has 0 spiro atoms. The molecule has 3 rings (SSSR count). The molecule has 0 aliphatic carbocycles. The summed E-state index contributed by atoms with van der Waals surface area (Å²) in [6.45, 7) is 0. The van der Waals surface area contributed by atoms with Crippen molar-refractivity contribution in [1.82, 2.24) is 5.32 Å². The number of amides is 2. The summed E-state index contributed by atoms with van der Waals surface area (Å²) in [6, 6.07) is 25.6. The molecule has 0 aliphatic rings. The fraction of sp³-hybridized carbons (Fsp3) is 0. The van der Waals surface area contributed by atoms with Crippen molar-refractivity contribution in [1.29, 1.82) is 0 Å². The molecule has 0 saturated carbocycles. The SMILES string of the molecule is O=C(C=Cc1ccccc1)NC(=S)Nc1ccccc1C(=O)Nc1ccccc1. The van der Waals surface area contributed by atoms with Gasteiger partial charge in [0.15, 0.2) is 5.11 Å². The standard InChI is InChI=1S/C23H19N3O2S/c27-21(16-15-17-9-3-1-4-10-17)26-23(29)25-20-14-8-7-13-19(20)22(28)24-18-11-5-2-6-12-18/h1-16H,(H,24,28)(H2,25,26,27,29). The van der Waals surface area contributed by atoms with Gasteiger partial charge < -0.3 is 10.6 Å². The molecule has 2 amide bonds. The zero-order valence-electron chi connectivity index (χ0n) is 15.5. The van der Waals surface area contributed by atoms with Gasteiger partial charge in [0.25, 0.3) is 5.91 Å². The summed E-state index contributed by atoms with van der Waals surface area (Å²) in [4.78, 5) is 24.7. The molecule has 0 bridgehead atoms. The predicted molar refractivity (Wildman–Crippen MR) is 121 cm³/mol. The van der Waals surface area contributed by atoms with Gasteiger partial charge in [0, 0.05) is 11.8 Å². The summed E-state index contributed by atoms with van der Waals surface area (Å²) in [7, 11) is 0. The van der Waals surface area contributed by atoms with Crippen molar-refractivity contribution in [3.05, 3.63) is 102 Å². The molecule has 0 unspecified atom stereocenters. The van der Waals surface area contributed by atoms with Gasteiger partial charge in [-0.25, -0.2) is 0 Å². The smallest absolute Gasteiger partial charge is 0.257 e. The number of rotatable bonds is 5. The Morgan fingerprint density at radius 3 is 2.10 bits per heavy atom. The minimum Gasteiger partial charge on any atom is -0.332 e. The van der Waals surface area contributed by atoms with Crippen LogP contribution in [0.2, 0.25) is 0 Å². The Bertz CT molecular complexity index is 1030. The molecule has 144 valence electrons. The molecule has 0 fully saturated rings. The van der Waals surface area contributed by atoms with Gasteiger partial charge in [-0.15, -0.1) is 0 Å². The highest BCUT2D eigenvalue weighted by Gasteiger charge is 2.12. The van der Waals surface area contributed by atoms with Crippen LogP contribution in [0.25, 0.3) is 6.08 Å². The van der Waals surface area contributed by atoms with Crippen LogP contribution in [0.15, 0.2) is 91.0 Å². The first-order valence-electron chi connectivity index (χ1n) is 8.92. The van der Waals surface area contributed by atoms with Crippen LogP contribution in [-0.2, 0) is 4.79 Å². The third kappa shape index (κ3) is 6.12. The molecular formula is C23H19N3O2S. The van der Waals surface area contributed by atoms with Crippen LogP contribution in [0.4, 0.5) is 11.4 Å². The van der Waals surface area contributed by atoms with Gasteiger partial charge in [-0.05, 0) is 48.1 Å². The summed E-state index contributed by atoms with van der Waals surface area (Å²) in [6.07, 6.45) is 3.09. The second-order valence-corrected chi connectivity index (χ2v) is 6.46. The molecule has 0 aromatic heterocycles. The average Bonchev–Trinajstić information content (AvgIpc) is 2.74. The maximum atomic E-state index is 12.6. The fourth-order valence-electron chi connectivity index (χ4n) is 2.55. The fourth-order valence-corrected chi connectivity index (χ4v) is 2.76. The van der Waals surface area contributed by atoms with Gasteiger partial charge in [-0.2, -0.15) is 0 Å². The van der Waals surface area contributed by atoms with E-state index in [1.807, 2.05) is 48.5 Å². The summed E-state index contributed by atoms with van der Waals surface area (Å²) >= 11 is 5.21. The van der Waals surface area contributed by atoms with Crippen molar-refractivity contribution >= 4 is 46.6 Å². The second-order valence-electron chi connectivity index (χ2n) is 6.05. The van der Waals surface area contributed by atoms with Crippen molar-refractivity contribution in [3.8, 4) is 0 Å². The molecule has 0 radical (unpaired) electrons. The first-order valence-corrected chi connectivity index (χ1v) is 9.33. The van der Waals surface area contributed by atoms with E-state index in [0.29, 0.717) is 16.9 Å². The molecule has 6 heteroatoms. The molecule has 5 nitrogen and oxygen atoms in total. The van der Waals surface area contributed by atoms with Crippen LogP contribution in [0.5, 0.6) is 0 Å². The van der Waals surface area contributed by atoms with Crippen molar-refractivity contribution in [2.24, 2.45) is 0 Å². The summed E-state index contributed by atoms with van der Waals surface area (Å²) in [5.74, 6) is -0.644. The molecule has 29 heavy (non-hydrogen) atoms. The third-order valence-electron chi connectivity index (χ3n) is 3.92. The van der Waals surface area contributed by atoms with Crippen LogP contribution in [0.1, 0.15) is 15.9 Å². The first kappa shape index (κ1) is 20.0. The second kappa shape index (κ2) is 9.96. The molecule has 0 heterocycles. The van der Waals surface area contributed by atoms with Gasteiger partial charge in [-0.1, -0.05) is 60.7 Å². The van der Waals surface area contributed by atoms with Gasteiger partial charge in [0.2, 0.25) is 5.91 Å². The number of thiocarbonyl (C=S) groups is 1. The quantitative estimate of drug-likeness (QED) is 0.436. The lowest BCUT2D eigenvalue weighted by atomic mass is 10.1. The minimum absolute atomic E-state index is 0.104. The Morgan fingerprint density at radius 1 is 0.759 bits per heavy atom. The number of carbonyl (C=O) groups is 2. The predicted octanol–water partition coefficient (Wildman–Crippen LogP) is 4.47. The van der Waals surface area contributed by atoms with Crippen LogP contribution < -0.4 is 16.0 Å². The number of benzene rings is 3. The lowest BCUT2D eigenvalue weighted by Crippen LogP contribution is -2.33. The highest BCUT2D eigenvalue weighted by atomic mass is 32.1. The van der Waals surface area contributed by atoms with Crippen molar-refractivity contribution in [2.45, 2.75) is 0 Å². The van der Waals surface area contributed by atoms with E-state index in [9.17, 15) is 9.59 Å². The van der Waals surface area contributed by atoms with Gasteiger partial charge in [0.1, 0.15) is 0 Å². The van der Waals surface area contributed by atoms with Gasteiger partial charge >= 0.3 is 0 Å². The minimum atomic E-state index is -0.363. The van der Waals surface area contributed by atoms with Crippen LogP contribution in [0.3, 0.4) is 0 Å². The number of carbonyl (C=O) groups excluding carboxylic acids is 2. The van der Waals surface area contributed by atoms with Crippen LogP contribution in [0, 0.1) is 0 Å². The largest absolute Gasteiger partial charge is 0.332 e. The Labute approximate surface area is 174 Å². The monoisotopic (exact) mass is 401 g/mol. The Balaban J connectivity index is 1.62. The molecule has 0 aliphatic heterocycles. The van der Waals surface area contributed by atoms with Crippen molar-refractivity contribution < 1.29 is 9.59 Å². The number of hydrogen-bond donors (Lipinski definition) is 3. The number of nitrogens with one attached hydrogen (secondary N) is 3. The Hall–Kier alpha value is -3.77. The van der Waals surface area contributed by atoms with E-state index < -0.39 is 0 Å². The molecular weight excluding hydrogens is 382 g/mol. The molecule has 0 atom stereocenters. The molecule has 3 N–H and O–H groups in total. The normalized spacial score (nSPS) is 10.3. The lowest BCUT2D eigenvalue weighted by molar-refractivity contribution is -0.115. The maximum absolute atomic E-state index is 12.6. The summed E-state index contributed by atoms with van der Waals surface area (Å²) < 4.78 is 0. The zero-order chi connectivity index (χ0) is 20.5.